The van der Waals surface area contributed by atoms with Gasteiger partial charge in [0.2, 0.25) is 5.91 Å². The van der Waals surface area contributed by atoms with Gasteiger partial charge in [0.25, 0.3) is 0 Å². The van der Waals surface area contributed by atoms with Gasteiger partial charge < -0.3 is 4.90 Å². The lowest BCUT2D eigenvalue weighted by molar-refractivity contribution is -0.151. The van der Waals surface area contributed by atoms with Gasteiger partial charge >= 0.3 is 0 Å². The van der Waals surface area contributed by atoms with Gasteiger partial charge in [0.05, 0.1) is 28.4 Å². The summed E-state index contributed by atoms with van der Waals surface area (Å²) in [6.07, 6.45) is 9.99. The van der Waals surface area contributed by atoms with E-state index >= 15 is 0 Å². The number of carbonyl (C=O) groups is 1. The summed E-state index contributed by atoms with van der Waals surface area (Å²) >= 11 is 7.08. The summed E-state index contributed by atoms with van der Waals surface area (Å²) in [7, 11) is 1.97. The fourth-order valence-corrected chi connectivity index (χ4v) is 7.47. The number of nitrogens with zero attached hydrogens (tertiary/aromatic N) is 4. The summed E-state index contributed by atoms with van der Waals surface area (Å²) in [6.45, 7) is 9.68. The molecule has 0 bridgehead atoms. The molecule has 1 spiro atoms. The fraction of sp³-hybridized carbons (Fsp3) is 0.323. The Morgan fingerprint density at radius 2 is 2.00 bits per heavy atom. The average molecular weight is 524 g/mol. The van der Waals surface area contributed by atoms with Crippen molar-refractivity contribution in [1.82, 2.24) is 24.9 Å². The molecule has 1 amide bonds. The Hall–Kier alpha value is -3.64. The second-order valence-corrected chi connectivity index (χ2v) is 11.9. The van der Waals surface area contributed by atoms with Crippen molar-refractivity contribution in [3.8, 4) is 0 Å². The molecule has 1 unspecified atom stereocenters. The van der Waals surface area contributed by atoms with Crippen LogP contribution in [-0.2, 0) is 11.8 Å². The summed E-state index contributed by atoms with van der Waals surface area (Å²) in [5.41, 5.74) is 9.47. The number of aryl methyl sites for hydroxylation is 2. The quantitative estimate of drug-likeness (QED) is 0.318. The van der Waals surface area contributed by atoms with Crippen LogP contribution >= 0.6 is 11.6 Å². The van der Waals surface area contributed by atoms with Crippen LogP contribution in [-0.4, -0.2) is 43.9 Å². The number of aromatic nitrogens is 4. The van der Waals surface area contributed by atoms with Gasteiger partial charge in [-0.05, 0) is 79.2 Å². The maximum atomic E-state index is 12.0. The van der Waals surface area contributed by atoms with E-state index in [1.165, 1.54) is 28.4 Å². The van der Waals surface area contributed by atoms with Crippen molar-refractivity contribution in [1.29, 1.82) is 0 Å². The molecule has 192 valence electrons. The molecule has 2 aliphatic carbocycles. The van der Waals surface area contributed by atoms with Crippen LogP contribution in [0.1, 0.15) is 36.5 Å². The first-order valence-electron chi connectivity index (χ1n) is 13.2. The summed E-state index contributed by atoms with van der Waals surface area (Å²) < 4.78 is 1.91. The standard InChI is InChI=1S/C31H30ClN5O/c1-5-27(38)37-15-31(16-37)11-21(12-31)22-10-23(19-6-7-26-20(9-19)13-34-36(26)4)28(18(22)3)29-24-14-33-35-25(24)8-17(2)30(29)32/h5-10,13-14,21-22H,1,11-12,15-16H2,2-4H3,(H,33,35). The van der Waals surface area contributed by atoms with Crippen LogP contribution in [0.15, 0.2) is 61.0 Å². The van der Waals surface area contributed by atoms with Crippen LogP contribution in [0.5, 0.6) is 0 Å². The predicted molar refractivity (Wildman–Crippen MR) is 153 cm³/mol. The molecule has 1 saturated heterocycles. The minimum atomic E-state index is 0.0458. The number of fused-ring (bicyclic) bond motifs is 2. The number of carbonyl (C=O) groups excluding carboxylic acids is 1. The molecule has 3 heterocycles. The van der Waals surface area contributed by atoms with E-state index in [9.17, 15) is 4.79 Å². The number of aromatic amines is 1. The summed E-state index contributed by atoms with van der Waals surface area (Å²) in [5.74, 6) is 0.927. The Morgan fingerprint density at radius 1 is 1.21 bits per heavy atom. The van der Waals surface area contributed by atoms with Crippen LogP contribution in [0.25, 0.3) is 33.0 Å². The van der Waals surface area contributed by atoms with E-state index in [0.29, 0.717) is 11.8 Å². The van der Waals surface area contributed by atoms with Crippen molar-refractivity contribution in [2.24, 2.45) is 24.3 Å². The summed E-state index contributed by atoms with van der Waals surface area (Å²) in [4.78, 5) is 13.9. The van der Waals surface area contributed by atoms with Gasteiger partial charge in [-0.15, -0.1) is 0 Å². The average Bonchev–Trinajstić information content (AvgIpc) is 3.56. The number of allylic oxidation sites excluding steroid dienone is 4. The van der Waals surface area contributed by atoms with Gasteiger partial charge in [0, 0.05) is 47.8 Å². The molecular weight excluding hydrogens is 494 g/mol. The maximum Gasteiger partial charge on any atom is 0.245 e. The highest BCUT2D eigenvalue weighted by molar-refractivity contribution is 6.36. The van der Waals surface area contributed by atoms with E-state index in [4.69, 9.17) is 11.6 Å². The molecular formula is C31H30ClN5O. The number of nitrogens with one attached hydrogen (secondary N) is 1. The largest absolute Gasteiger partial charge is 0.338 e. The van der Waals surface area contributed by atoms with Crippen molar-refractivity contribution in [3.05, 3.63) is 82.7 Å². The molecule has 7 rings (SSSR count). The van der Waals surface area contributed by atoms with Crippen LogP contribution in [0.4, 0.5) is 0 Å². The number of amides is 1. The number of hydrogen-bond donors (Lipinski definition) is 1. The van der Waals surface area contributed by atoms with Crippen molar-refractivity contribution in [2.45, 2.75) is 26.7 Å². The van der Waals surface area contributed by atoms with Crippen molar-refractivity contribution in [3.63, 3.8) is 0 Å². The minimum Gasteiger partial charge on any atom is -0.338 e. The lowest BCUT2D eigenvalue weighted by Gasteiger charge is -2.60. The molecule has 0 radical (unpaired) electrons. The summed E-state index contributed by atoms with van der Waals surface area (Å²) in [6, 6.07) is 8.67. The normalized spacial score (nSPS) is 20.8. The number of hydrogen-bond acceptors (Lipinski definition) is 3. The van der Waals surface area contributed by atoms with Crippen LogP contribution in [0.3, 0.4) is 0 Å². The first-order chi connectivity index (χ1) is 18.3. The highest BCUT2D eigenvalue weighted by Gasteiger charge is 2.55. The summed E-state index contributed by atoms with van der Waals surface area (Å²) in [5, 5.41) is 14.9. The van der Waals surface area contributed by atoms with E-state index < -0.39 is 0 Å². The highest BCUT2D eigenvalue weighted by Crippen LogP contribution is 2.59. The number of likely N-dealkylation sites (tertiary alicyclic amines) is 1. The van der Waals surface area contributed by atoms with Gasteiger partial charge in [0.15, 0.2) is 0 Å². The zero-order valence-corrected chi connectivity index (χ0v) is 22.6. The van der Waals surface area contributed by atoms with Crippen molar-refractivity contribution >= 4 is 50.5 Å². The third-order valence-corrected chi connectivity index (χ3v) is 9.61. The zero-order chi connectivity index (χ0) is 26.3. The van der Waals surface area contributed by atoms with E-state index in [1.54, 1.807) is 0 Å². The van der Waals surface area contributed by atoms with E-state index in [-0.39, 0.29) is 11.3 Å². The lowest BCUT2D eigenvalue weighted by atomic mass is 9.54. The molecule has 2 aromatic heterocycles. The second kappa shape index (κ2) is 8.18. The minimum absolute atomic E-state index is 0.0458. The van der Waals surface area contributed by atoms with Crippen LogP contribution < -0.4 is 0 Å². The van der Waals surface area contributed by atoms with E-state index in [1.807, 2.05) is 29.0 Å². The highest BCUT2D eigenvalue weighted by atomic mass is 35.5. The molecule has 38 heavy (non-hydrogen) atoms. The molecule has 2 fully saturated rings. The molecule has 7 heteroatoms. The smallest absolute Gasteiger partial charge is 0.245 e. The maximum absolute atomic E-state index is 12.0. The third-order valence-electron chi connectivity index (χ3n) is 9.12. The van der Waals surface area contributed by atoms with Crippen molar-refractivity contribution < 1.29 is 4.79 Å². The molecule has 1 saturated carbocycles. The Bertz CT molecular complexity index is 1720. The topological polar surface area (TPSA) is 66.8 Å². The van der Waals surface area contributed by atoms with Gasteiger partial charge in [-0.1, -0.05) is 35.9 Å². The molecule has 4 aromatic rings. The Morgan fingerprint density at radius 3 is 2.76 bits per heavy atom. The monoisotopic (exact) mass is 523 g/mol. The Kier molecular flexibility index (Phi) is 5.05. The number of halogens is 1. The number of benzene rings is 2. The molecule has 2 aromatic carbocycles. The zero-order valence-electron chi connectivity index (χ0n) is 21.9. The number of H-pyrrole nitrogens is 1. The van der Waals surface area contributed by atoms with Crippen LogP contribution in [0.2, 0.25) is 5.02 Å². The van der Waals surface area contributed by atoms with Gasteiger partial charge in [-0.2, -0.15) is 10.2 Å². The number of rotatable bonds is 4. The van der Waals surface area contributed by atoms with E-state index in [2.05, 4.69) is 66.1 Å². The van der Waals surface area contributed by atoms with Crippen LogP contribution in [0, 0.1) is 24.2 Å². The van der Waals surface area contributed by atoms with Gasteiger partial charge in [0.1, 0.15) is 0 Å². The fourth-order valence-electron chi connectivity index (χ4n) is 7.22. The second-order valence-electron chi connectivity index (χ2n) is 11.5. The molecule has 1 N–H and O–H groups in total. The molecule has 1 atom stereocenters. The Labute approximate surface area is 226 Å². The van der Waals surface area contributed by atoms with E-state index in [0.717, 1.165) is 63.9 Å². The molecule has 1 aliphatic heterocycles. The Balaban J connectivity index is 1.32. The third kappa shape index (κ3) is 3.29. The molecule has 3 aliphatic rings. The predicted octanol–water partition coefficient (Wildman–Crippen LogP) is 6.32. The first kappa shape index (κ1) is 23.5. The molecule has 6 nitrogen and oxygen atoms in total. The SMILES string of the molecule is C=CC(=O)N1CC2(CC(C3C=C(c4ccc5c(cnn5C)c4)C(c4c(Cl)c(C)cc5[nH]ncc45)=C3C)C2)C1. The van der Waals surface area contributed by atoms with Crippen molar-refractivity contribution in [2.75, 3.05) is 13.1 Å². The van der Waals surface area contributed by atoms with Gasteiger partial charge in [-0.25, -0.2) is 0 Å². The first-order valence-corrected chi connectivity index (χ1v) is 13.6. The lowest BCUT2D eigenvalue weighted by Crippen LogP contribution is -2.64. The van der Waals surface area contributed by atoms with Gasteiger partial charge in [-0.3, -0.25) is 14.6 Å².